The van der Waals surface area contributed by atoms with E-state index in [1.54, 1.807) is 30.3 Å². The van der Waals surface area contributed by atoms with Gasteiger partial charge in [0, 0.05) is 17.1 Å². The van der Waals surface area contributed by atoms with E-state index in [-0.39, 0.29) is 40.7 Å². The van der Waals surface area contributed by atoms with Gasteiger partial charge in [-0.15, -0.1) is 0 Å². The van der Waals surface area contributed by atoms with E-state index in [1.807, 2.05) is 0 Å². The molecular weight excluding hydrogens is 620 g/mol. The van der Waals surface area contributed by atoms with Gasteiger partial charge in [0.15, 0.2) is 5.69 Å². The third-order valence-corrected chi connectivity index (χ3v) is 6.78. The van der Waals surface area contributed by atoms with Gasteiger partial charge in [-0.3, -0.25) is 25.0 Å². The molecule has 1 unspecified atom stereocenters. The van der Waals surface area contributed by atoms with E-state index >= 15 is 0 Å². The lowest BCUT2D eigenvalue weighted by atomic mass is 9.99. The highest BCUT2D eigenvalue weighted by Gasteiger charge is 2.39. The minimum Gasteiger partial charge on any atom is -0.497 e. The molecular formula is C30H21ClF4N6O4. The summed E-state index contributed by atoms with van der Waals surface area (Å²) in [5, 5.41) is 10.6. The average molecular weight is 641 g/mol. The fraction of sp³-hybridized carbons (Fsp3) is 0.167. The maximum absolute atomic E-state index is 14.2. The lowest BCUT2D eigenvalue weighted by molar-refractivity contribution is -0.142. The van der Waals surface area contributed by atoms with Crippen molar-refractivity contribution in [2.45, 2.75) is 25.1 Å². The van der Waals surface area contributed by atoms with Crippen LogP contribution in [0.4, 0.5) is 17.6 Å². The summed E-state index contributed by atoms with van der Waals surface area (Å²) in [6.07, 6.45) is -3.10. The van der Waals surface area contributed by atoms with Crippen molar-refractivity contribution >= 4 is 17.5 Å². The van der Waals surface area contributed by atoms with Crippen LogP contribution in [-0.2, 0) is 23.9 Å². The fourth-order valence-corrected chi connectivity index (χ4v) is 4.71. The topological polar surface area (TPSA) is 133 Å². The van der Waals surface area contributed by atoms with Gasteiger partial charge in [-0.2, -0.15) is 18.4 Å². The number of nitrogens with zero attached hydrogens (tertiary/aromatic N) is 4. The molecule has 3 heterocycles. The van der Waals surface area contributed by atoms with Gasteiger partial charge in [0.1, 0.15) is 29.1 Å². The van der Waals surface area contributed by atoms with Crippen LogP contribution in [0, 0.1) is 17.1 Å². The smallest absolute Gasteiger partial charge is 0.437 e. The molecule has 0 spiro atoms. The van der Waals surface area contributed by atoms with Crippen LogP contribution in [0.1, 0.15) is 34.3 Å². The Morgan fingerprint density at radius 3 is 2.49 bits per heavy atom. The van der Waals surface area contributed by atoms with E-state index in [0.717, 1.165) is 24.4 Å². The first-order chi connectivity index (χ1) is 21.4. The Morgan fingerprint density at radius 1 is 1.09 bits per heavy atom. The van der Waals surface area contributed by atoms with Crippen LogP contribution >= 0.6 is 11.6 Å². The maximum atomic E-state index is 14.2. The number of carbonyl (C=O) groups excluding carboxylic acids is 1. The SMILES string of the molecule is COc1ccc(CN2NC(=O)C(c3ccc(F)cn3)C=C2Cc2nc(C(F)(F)F)c(Oc3cc(Cl)cc(C#N)c3)c(=O)[nH]2)cc1. The van der Waals surface area contributed by atoms with Crippen molar-refractivity contribution in [2.24, 2.45) is 0 Å². The number of benzene rings is 2. The van der Waals surface area contributed by atoms with Gasteiger partial charge in [-0.05, 0) is 54.1 Å². The van der Waals surface area contributed by atoms with E-state index in [4.69, 9.17) is 26.3 Å². The van der Waals surface area contributed by atoms with Gasteiger partial charge in [-0.25, -0.2) is 9.37 Å². The van der Waals surface area contributed by atoms with Crippen LogP contribution in [0.5, 0.6) is 17.2 Å². The standard InChI is InChI=1S/C30H21ClF4N6O4/c1-44-21-5-2-16(3-6-21)15-41-20(11-23(28(42)40-41)24-7-4-19(32)14-37-24)12-25-38-27(30(33,34)35)26(29(43)39-25)45-22-9-17(13-36)8-18(31)10-22/h2-11,14,23H,12,15H2,1H3,(H,40,42)(H,38,39,43). The number of aromatic amines is 1. The lowest BCUT2D eigenvalue weighted by Gasteiger charge is -2.34. The van der Waals surface area contributed by atoms with Crippen molar-refractivity contribution in [3.63, 3.8) is 0 Å². The third kappa shape index (κ3) is 7.22. The number of carbonyl (C=O) groups is 1. The van der Waals surface area contributed by atoms with Gasteiger partial charge in [-0.1, -0.05) is 23.7 Å². The number of allylic oxidation sites excluding steroid dienone is 1. The Kier molecular flexibility index (Phi) is 8.73. The molecule has 1 aliphatic rings. The number of hydrazine groups is 1. The zero-order chi connectivity index (χ0) is 32.3. The Labute approximate surface area is 257 Å². The molecule has 0 fully saturated rings. The summed E-state index contributed by atoms with van der Waals surface area (Å²) >= 11 is 5.93. The first-order valence-corrected chi connectivity index (χ1v) is 13.4. The van der Waals surface area contributed by atoms with E-state index in [0.29, 0.717) is 11.3 Å². The number of H-pyrrole nitrogens is 1. The summed E-state index contributed by atoms with van der Waals surface area (Å²) in [6.45, 7) is 0.0820. The molecule has 0 saturated heterocycles. The zero-order valence-corrected chi connectivity index (χ0v) is 23.9. The van der Waals surface area contributed by atoms with Gasteiger partial charge >= 0.3 is 6.18 Å². The molecule has 2 aromatic heterocycles. The zero-order valence-electron chi connectivity index (χ0n) is 23.2. The fourth-order valence-electron chi connectivity index (χ4n) is 4.49. The van der Waals surface area contributed by atoms with Crippen molar-refractivity contribution in [3.8, 4) is 23.3 Å². The largest absolute Gasteiger partial charge is 0.497 e. The maximum Gasteiger partial charge on any atom is 0.437 e. The molecule has 230 valence electrons. The number of methoxy groups -OCH3 is 1. The second-order valence-electron chi connectivity index (χ2n) is 9.70. The molecule has 0 aliphatic carbocycles. The minimum absolute atomic E-state index is 0.000462. The number of nitriles is 1. The van der Waals surface area contributed by atoms with Crippen LogP contribution in [0.25, 0.3) is 0 Å². The minimum atomic E-state index is -5.12. The highest BCUT2D eigenvalue weighted by atomic mass is 35.5. The molecule has 0 bridgehead atoms. The molecule has 1 atom stereocenters. The van der Waals surface area contributed by atoms with E-state index < -0.39 is 46.6 Å². The highest BCUT2D eigenvalue weighted by Crippen LogP contribution is 2.36. The number of amides is 1. The number of nitrogens with one attached hydrogen (secondary N) is 2. The van der Waals surface area contributed by atoms with Crippen LogP contribution in [0.2, 0.25) is 5.02 Å². The molecule has 15 heteroatoms. The summed E-state index contributed by atoms with van der Waals surface area (Å²) in [4.78, 5) is 36.1. The Hall–Kier alpha value is -5.42. The second-order valence-corrected chi connectivity index (χ2v) is 10.1. The number of alkyl halides is 3. The molecule has 1 amide bonds. The summed E-state index contributed by atoms with van der Waals surface area (Å²) < 4.78 is 66.5. The van der Waals surface area contributed by atoms with E-state index in [2.05, 4.69) is 20.4 Å². The van der Waals surface area contributed by atoms with Crippen molar-refractivity contribution < 1.29 is 31.8 Å². The first-order valence-electron chi connectivity index (χ1n) is 13.1. The first kappa shape index (κ1) is 31.0. The quantitative estimate of drug-likeness (QED) is 0.245. The number of hydrogen-bond donors (Lipinski definition) is 2. The molecule has 0 radical (unpaired) electrons. The van der Waals surface area contributed by atoms with Crippen molar-refractivity contribution in [1.82, 2.24) is 25.4 Å². The predicted molar refractivity (Wildman–Crippen MR) is 152 cm³/mol. The van der Waals surface area contributed by atoms with Crippen LogP contribution < -0.4 is 20.5 Å². The number of aromatic nitrogens is 3. The lowest BCUT2D eigenvalue weighted by Crippen LogP contribution is -2.47. The average Bonchev–Trinajstić information content (AvgIpc) is 2.99. The summed E-state index contributed by atoms with van der Waals surface area (Å²) in [6, 6.07) is 14.6. The molecule has 10 nitrogen and oxygen atoms in total. The number of halogens is 5. The van der Waals surface area contributed by atoms with E-state index in [1.165, 1.54) is 30.3 Å². The van der Waals surface area contributed by atoms with Crippen LogP contribution in [-0.4, -0.2) is 33.0 Å². The normalized spacial score (nSPS) is 14.8. The van der Waals surface area contributed by atoms with Gasteiger partial charge < -0.3 is 14.5 Å². The van der Waals surface area contributed by atoms with Crippen LogP contribution in [0.3, 0.4) is 0 Å². The molecule has 45 heavy (non-hydrogen) atoms. The van der Waals surface area contributed by atoms with Crippen LogP contribution in [0.15, 0.2) is 77.4 Å². The predicted octanol–water partition coefficient (Wildman–Crippen LogP) is 5.41. The van der Waals surface area contributed by atoms with Crippen molar-refractivity contribution in [1.29, 1.82) is 5.26 Å². The van der Waals surface area contributed by atoms with Gasteiger partial charge in [0.25, 0.3) is 11.5 Å². The Morgan fingerprint density at radius 2 is 1.84 bits per heavy atom. The monoisotopic (exact) mass is 640 g/mol. The Balaban J connectivity index is 1.54. The molecule has 0 saturated carbocycles. The number of pyridine rings is 1. The number of ether oxygens (including phenoxy) is 2. The summed E-state index contributed by atoms with van der Waals surface area (Å²) in [5.41, 5.74) is 1.01. The van der Waals surface area contributed by atoms with Crippen molar-refractivity contribution in [3.05, 3.63) is 122 Å². The van der Waals surface area contributed by atoms with Gasteiger partial charge in [0.2, 0.25) is 5.75 Å². The third-order valence-electron chi connectivity index (χ3n) is 6.57. The second kappa shape index (κ2) is 12.7. The van der Waals surface area contributed by atoms with Crippen molar-refractivity contribution in [2.75, 3.05) is 7.11 Å². The summed E-state index contributed by atoms with van der Waals surface area (Å²) in [5.74, 6) is -3.39. The molecule has 1 aliphatic heterocycles. The molecule has 2 N–H and O–H groups in total. The molecule has 2 aromatic carbocycles. The number of rotatable bonds is 8. The molecule has 5 rings (SSSR count). The Bertz CT molecular complexity index is 1870. The molecule has 4 aromatic rings. The summed E-state index contributed by atoms with van der Waals surface area (Å²) in [7, 11) is 1.50. The van der Waals surface area contributed by atoms with E-state index in [9.17, 15) is 27.2 Å². The number of hydrogen-bond acceptors (Lipinski definition) is 8. The highest BCUT2D eigenvalue weighted by molar-refractivity contribution is 6.30. The van der Waals surface area contributed by atoms with Gasteiger partial charge in [0.05, 0.1) is 37.2 Å².